The van der Waals surface area contributed by atoms with Crippen molar-refractivity contribution in [2.24, 2.45) is 5.92 Å². The van der Waals surface area contributed by atoms with Gasteiger partial charge in [-0.15, -0.1) is 0 Å². The van der Waals surface area contributed by atoms with Gasteiger partial charge in [-0.1, -0.05) is 11.6 Å². The van der Waals surface area contributed by atoms with E-state index in [1.54, 1.807) is 47.6 Å². The molecule has 0 saturated carbocycles. The predicted molar refractivity (Wildman–Crippen MR) is 92.9 cm³/mol. The van der Waals surface area contributed by atoms with Gasteiger partial charge in [0.15, 0.2) is 0 Å². The van der Waals surface area contributed by atoms with Crippen LogP contribution in [0.25, 0.3) is 0 Å². The second-order valence-corrected chi connectivity index (χ2v) is 6.24. The molecular formula is C18H18ClN3O2. The zero-order valence-electron chi connectivity index (χ0n) is 13.1. The lowest BCUT2D eigenvalue weighted by Gasteiger charge is -2.31. The fourth-order valence-electron chi connectivity index (χ4n) is 2.80. The molecule has 24 heavy (non-hydrogen) atoms. The zero-order chi connectivity index (χ0) is 16.9. The summed E-state index contributed by atoms with van der Waals surface area (Å²) in [6.07, 6.45) is 4.60. The Morgan fingerprint density at radius 2 is 1.83 bits per heavy atom. The Morgan fingerprint density at radius 3 is 2.46 bits per heavy atom. The first kappa shape index (κ1) is 16.5. The van der Waals surface area contributed by atoms with Crippen LogP contribution in [0.3, 0.4) is 0 Å². The zero-order valence-corrected chi connectivity index (χ0v) is 13.9. The maximum absolute atomic E-state index is 12.5. The molecule has 1 aromatic heterocycles. The van der Waals surface area contributed by atoms with Gasteiger partial charge in [-0.2, -0.15) is 0 Å². The van der Waals surface area contributed by atoms with E-state index in [9.17, 15) is 9.59 Å². The number of anilines is 1. The summed E-state index contributed by atoms with van der Waals surface area (Å²) < 4.78 is 0. The minimum Gasteiger partial charge on any atom is -0.339 e. The van der Waals surface area contributed by atoms with Gasteiger partial charge in [-0.05, 0) is 49.2 Å². The average Bonchev–Trinajstić information content (AvgIpc) is 2.63. The van der Waals surface area contributed by atoms with Crippen molar-refractivity contribution in [1.29, 1.82) is 0 Å². The summed E-state index contributed by atoms with van der Waals surface area (Å²) in [6.45, 7) is 1.15. The number of hydrogen-bond acceptors (Lipinski definition) is 3. The van der Waals surface area contributed by atoms with E-state index in [1.165, 1.54) is 0 Å². The number of piperidine rings is 1. The molecule has 1 aliphatic heterocycles. The molecule has 0 bridgehead atoms. The number of benzene rings is 1. The van der Waals surface area contributed by atoms with E-state index in [2.05, 4.69) is 10.3 Å². The smallest absolute Gasteiger partial charge is 0.253 e. The molecule has 3 rings (SSSR count). The molecule has 0 unspecified atom stereocenters. The van der Waals surface area contributed by atoms with E-state index >= 15 is 0 Å². The monoisotopic (exact) mass is 343 g/mol. The average molecular weight is 344 g/mol. The highest BCUT2D eigenvalue weighted by Crippen LogP contribution is 2.21. The van der Waals surface area contributed by atoms with E-state index in [4.69, 9.17) is 11.6 Å². The first-order valence-electron chi connectivity index (χ1n) is 7.89. The summed E-state index contributed by atoms with van der Waals surface area (Å²) in [5.41, 5.74) is 1.32. The standard InChI is InChI=1S/C18H18ClN3O2/c19-15-5-3-14(4-6-15)18(24)22-10-7-13(8-11-22)17(23)21-16-2-1-9-20-12-16/h1-6,9,12-13H,7-8,10-11H2,(H,21,23). The summed E-state index contributed by atoms with van der Waals surface area (Å²) in [7, 11) is 0. The normalized spacial score (nSPS) is 15.1. The van der Waals surface area contributed by atoms with Gasteiger partial charge in [0.2, 0.25) is 5.91 Å². The third-order valence-electron chi connectivity index (χ3n) is 4.17. The van der Waals surface area contributed by atoms with Gasteiger partial charge in [0.25, 0.3) is 5.91 Å². The second kappa shape index (κ2) is 7.45. The molecule has 1 aliphatic rings. The van der Waals surface area contributed by atoms with Crippen LogP contribution in [0.1, 0.15) is 23.2 Å². The van der Waals surface area contributed by atoms with E-state index in [-0.39, 0.29) is 17.7 Å². The number of nitrogens with zero attached hydrogens (tertiary/aromatic N) is 2. The SMILES string of the molecule is O=C(Nc1cccnc1)C1CCN(C(=O)c2ccc(Cl)cc2)CC1. The number of amides is 2. The number of pyridine rings is 1. The van der Waals surface area contributed by atoms with Crippen molar-refractivity contribution in [3.63, 3.8) is 0 Å². The number of carbonyl (C=O) groups is 2. The fourth-order valence-corrected chi connectivity index (χ4v) is 2.93. The van der Waals surface area contributed by atoms with Crippen LogP contribution in [-0.4, -0.2) is 34.8 Å². The maximum atomic E-state index is 12.5. The van der Waals surface area contributed by atoms with Gasteiger partial charge >= 0.3 is 0 Å². The highest BCUT2D eigenvalue weighted by Gasteiger charge is 2.27. The lowest BCUT2D eigenvalue weighted by atomic mass is 9.95. The van der Waals surface area contributed by atoms with Crippen molar-refractivity contribution in [2.75, 3.05) is 18.4 Å². The number of carbonyl (C=O) groups excluding carboxylic acids is 2. The predicted octanol–water partition coefficient (Wildman–Crippen LogP) is 3.23. The molecule has 1 N–H and O–H groups in total. The Hall–Kier alpha value is -2.40. The fraction of sp³-hybridized carbons (Fsp3) is 0.278. The van der Waals surface area contributed by atoms with Crippen LogP contribution in [0.15, 0.2) is 48.8 Å². The number of aromatic nitrogens is 1. The summed E-state index contributed by atoms with van der Waals surface area (Å²) >= 11 is 5.85. The molecule has 0 atom stereocenters. The van der Waals surface area contributed by atoms with Crippen molar-refractivity contribution in [1.82, 2.24) is 9.88 Å². The lowest BCUT2D eigenvalue weighted by molar-refractivity contribution is -0.121. The number of nitrogens with one attached hydrogen (secondary N) is 1. The Labute approximate surface area is 145 Å². The van der Waals surface area contributed by atoms with Gasteiger partial charge < -0.3 is 10.2 Å². The molecule has 2 heterocycles. The largest absolute Gasteiger partial charge is 0.339 e. The molecule has 6 heteroatoms. The Bertz CT molecular complexity index is 711. The third-order valence-corrected chi connectivity index (χ3v) is 4.43. The van der Waals surface area contributed by atoms with E-state index < -0.39 is 0 Å². The molecule has 0 spiro atoms. The molecule has 1 saturated heterocycles. The van der Waals surface area contributed by atoms with Crippen molar-refractivity contribution in [2.45, 2.75) is 12.8 Å². The minimum absolute atomic E-state index is 0.0124. The Kier molecular flexibility index (Phi) is 5.11. The summed E-state index contributed by atoms with van der Waals surface area (Å²) in [5.74, 6) is -0.112. The molecule has 2 amide bonds. The second-order valence-electron chi connectivity index (χ2n) is 5.80. The van der Waals surface area contributed by atoms with Crippen LogP contribution in [-0.2, 0) is 4.79 Å². The summed E-state index contributed by atoms with van der Waals surface area (Å²) in [5, 5.41) is 3.48. The van der Waals surface area contributed by atoms with Gasteiger partial charge in [-0.25, -0.2) is 0 Å². The molecule has 0 radical (unpaired) electrons. The number of halogens is 1. The minimum atomic E-state index is -0.0838. The number of hydrogen-bond donors (Lipinski definition) is 1. The highest BCUT2D eigenvalue weighted by molar-refractivity contribution is 6.30. The first-order chi connectivity index (χ1) is 11.6. The van der Waals surface area contributed by atoms with Crippen molar-refractivity contribution < 1.29 is 9.59 Å². The van der Waals surface area contributed by atoms with Crippen LogP contribution in [0.4, 0.5) is 5.69 Å². The number of likely N-dealkylation sites (tertiary alicyclic amines) is 1. The Balaban J connectivity index is 1.54. The summed E-state index contributed by atoms with van der Waals surface area (Å²) in [4.78, 5) is 30.5. The first-order valence-corrected chi connectivity index (χ1v) is 8.27. The Morgan fingerprint density at radius 1 is 1.12 bits per heavy atom. The van der Waals surface area contributed by atoms with Crippen LogP contribution in [0, 0.1) is 5.92 Å². The summed E-state index contributed by atoms with van der Waals surface area (Å²) in [6, 6.07) is 10.5. The topological polar surface area (TPSA) is 62.3 Å². The molecule has 0 aliphatic carbocycles. The van der Waals surface area contributed by atoms with Crippen molar-refractivity contribution >= 4 is 29.1 Å². The molecule has 1 aromatic carbocycles. The van der Waals surface area contributed by atoms with Crippen molar-refractivity contribution in [3.8, 4) is 0 Å². The van der Waals surface area contributed by atoms with Crippen LogP contribution in [0.2, 0.25) is 5.02 Å². The van der Waals surface area contributed by atoms with E-state index in [0.717, 1.165) is 0 Å². The van der Waals surface area contributed by atoms with Crippen LogP contribution >= 0.6 is 11.6 Å². The molecule has 2 aromatic rings. The molecular weight excluding hydrogens is 326 g/mol. The quantitative estimate of drug-likeness (QED) is 0.930. The third kappa shape index (κ3) is 3.92. The highest BCUT2D eigenvalue weighted by atomic mass is 35.5. The van der Waals surface area contributed by atoms with Gasteiger partial charge in [-0.3, -0.25) is 14.6 Å². The van der Waals surface area contributed by atoms with Gasteiger partial charge in [0.1, 0.15) is 0 Å². The van der Waals surface area contributed by atoms with E-state index in [0.29, 0.717) is 42.2 Å². The molecule has 124 valence electrons. The van der Waals surface area contributed by atoms with Crippen LogP contribution in [0.5, 0.6) is 0 Å². The maximum Gasteiger partial charge on any atom is 0.253 e. The van der Waals surface area contributed by atoms with Crippen LogP contribution < -0.4 is 5.32 Å². The lowest BCUT2D eigenvalue weighted by Crippen LogP contribution is -2.41. The van der Waals surface area contributed by atoms with Gasteiger partial charge in [0.05, 0.1) is 11.9 Å². The molecule has 5 nitrogen and oxygen atoms in total. The number of rotatable bonds is 3. The van der Waals surface area contributed by atoms with Gasteiger partial charge in [0, 0.05) is 35.8 Å². The van der Waals surface area contributed by atoms with E-state index in [1.807, 2.05) is 6.07 Å². The molecule has 1 fully saturated rings. The van der Waals surface area contributed by atoms with Crippen molar-refractivity contribution in [3.05, 3.63) is 59.4 Å².